The summed E-state index contributed by atoms with van der Waals surface area (Å²) in [6.07, 6.45) is -6.37. The molecule has 0 saturated carbocycles. The van der Waals surface area contributed by atoms with Gasteiger partial charge in [0.1, 0.15) is 0 Å². The number of fused-ring (bicyclic) bond motifs is 1. The van der Waals surface area contributed by atoms with Gasteiger partial charge in [-0.25, -0.2) is 4.98 Å². The highest BCUT2D eigenvalue weighted by Crippen LogP contribution is 2.21. The van der Waals surface area contributed by atoms with E-state index in [0.717, 1.165) is 10.9 Å². The molecule has 19 heavy (non-hydrogen) atoms. The van der Waals surface area contributed by atoms with Crippen LogP contribution in [-0.2, 0) is 6.54 Å². The summed E-state index contributed by atoms with van der Waals surface area (Å²) in [4.78, 5) is 15.8. The van der Waals surface area contributed by atoms with E-state index in [9.17, 15) is 18.0 Å². The van der Waals surface area contributed by atoms with E-state index in [1.807, 2.05) is 0 Å². The molecule has 0 aliphatic carbocycles. The fraction of sp³-hybridized carbons (Fsp3) is 0.273. The Morgan fingerprint density at radius 1 is 1.42 bits per heavy atom. The molecular weight excluding hydrogens is 329 g/mol. The highest BCUT2D eigenvalue weighted by atomic mass is 79.9. The van der Waals surface area contributed by atoms with Crippen molar-refractivity contribution in [2.75, 3.05) is 0 Å². The van der Waals surface area contributed by atoms with Crippen molar-refractivity contribution in [2.24, 2.45) is 0 Å². The van der Waals surface area contributed by atoms with Gasteiger partial charge in [-0.2, -0.15) is 13.2 Å². The van der Waals surface area contributed by atoms with E-state index in [1.165, 1.54) is 6.07 Å². The molecule has 102 valence electrons. The van der Waals surface area contributed by atoms with Crippen molar-refractivity contribution in [3.05, 3.63) is 39.4 Å². The summed E-state index contributed by atoms with van der Waals surface area (Å²) < 4.78 is 38.2. The van der Waals surface area contributed by atoms with Gasteiger partial charge in [0.25, 0.3) is 5.56 Å². The van der Waals surface area contributed by atoms with Crippen LogP contribution in [0.15, 0.2) is 33.8 Å². The minimum absolute atomic E-state index is 0.195. The van der Waals surface area contributed by atoms with Gasteiger partial charge in [-0.1, -0.05) is 15.9 Å². The minimum Gasteiger partial charge on any atom is -0.382 e. The Labute approximate surface area is 113 Å². The molecule has 1 atom stereocenters. The predicted molar refractivity (Wildman–Crippen MR) is 65.8 cm³/mol. The number of nitrogens with zero attached hydrogens (tertiary/aromatic N) is 2. The van der Waals surface area contributed by atoms with Crippen LogP contribution >= 0.6 is 15.9 Å². The number of alkyl halides is 3. The normalized spacial score (nSPS) is 13.7. The number of aliphatic hydroxyl groups excluding tert-OH is 1. The Balaban J connectivity index is 2.44. The molecular formula is C11H8BrF3N2O2. The van der Waals surface area contributed by atoms with Gasteiger partial charge in [-0.05, 0) is 18.2 Å². The largest absolute Gasteiger partial charge is 0.416 e. The molecule has 2 rings (SSSR count). The molecule has 0 saturated heterocycles. The second-order valence-corrected chi connectivity index (χ2v) is 4.84. The van der Waals surface area contributed by atoms with Gasteiger partial charge in [0.2, 0.25) is 0 Å². The number of rotatable bonds is 2. The lowest BCUT2D eigenvalue weighted by atomic mass is 10.2. The van der Waals surface area contributed by atoms with E-state index in [0.29, 0.717) is 9.99 Å². The van der Waals surface area contributed by atoms with Crippen molar-refractivity contribution in [3.63, 3.8) is 0 Å². The summed E-state index contributed by atoms with van der Waals surface area (Å²) in [5.74, 6) is 0. The zero-order valence-electron chi connectivity index (χ0n) is 9.36. The van der Waals surface area contributed by atoms with Gasteiger partial charge in [-0.3, -0.25) is 9.36 Å². The van der Waals surface area contributed by atoms with Crippen LogP contribution in [-0.4, -0.2) is 26.9 Å². The molecule has 0 aliphatic rings. The van der Waals surface area contributed by atoms with Crippen LogP contribution in [0.4, 0.5) is 13.2 Å². The van der Waals surface area contributed by atoms with Crippen LogP contribution in [0.2, 0.25) is 0 Å². The second kappa shape index (κ2) is 4.93. The summed E-state index contributed by atoms with van der Waals surface area (Å²) in [6, 6.07) is 4.64. The lowest BCUT2D eigenvalue weighted by molar-refractivity contribution is -0.207. The molecule has 0 radical (unpaired) electrons. The molecule has 0 unspecified atom stereocenters. The Morgan fingerprint density at radius 3 is 2.74 bits per heavy atom. The van der Waals surface area contributed by atoms with Crippen LogP contribution in [0.25, 0.3) is 10.9 Å². The smallest absolute Gasteiger partial charge is 0.382 e. The van der Waals surface area contributed by atoms with Crippen LogP contribution in [0.1, 0.15) is 0 Å². The molecule has 0 spiro atoms. The van der Waals surface area contributed by atoms with Gasteiger partial charge in [0.05, 0.1) is 23.8 Å². The van der Waals surface area contributed by atoms with Crippen molar-refractivity contribution >= 4 is 26.8 Å². The zero-order valence-corrected chi connectivity index (χ0v) is 10.9. The molecule has 0 fully saturated rings. The maximum Gasteiger partial charge on any atom is 0.416 e. The highest BCUT2D eigenvalue weighted by molar-refractivity contribution is 9.10. The van der Waals surface area contributed by atoms with Gasteiger partial charge >= 0.3 is 6.18 Å². The predicted octanol–water partition coefficient (Wildman–Crippen LogP) is 2.08. The molecule has 0 bridgehead atoms. The quantitative estimate of drug-likeness (QED) is 0.913. The first-order valence-electron chi connectivity index (χ1n) is 5.18. The highest BCUT2D eigenvalue weighted by Gasteiger charge is 2.38. The Morgan fingerprint density at radius 2 is 2.11 bits per heavy atom. The summed E-state index contributed by atoms with van der Waals surface area (Å²) in [6.45, 7) is -0.874. The average molecular weight is 337 g/mol. The van der Waals surface area contributed by atoms with Gasteiger partial charge in [0, 0.05) is 4.47 Å². The summed E-state index contributed by atoms with van der Waals surface area (Å²) in [7, 11) is 0. The topological polar surface area (TPSA) is 55.1 Å². The summed E-state index contributed by atoms with van der Waals surface area (Å²) >= 11 is 3.20. The van der Waals surface area contributed by atoms with Crippen molar-refractivity contribution in [2.45, 2.75) is 18.8 Å². The number of halogens is 4. The van der Waals surface area contributed by atoms with E-state index in [4.69, 9.17) is 5.11 Å². The maximum atomic E-state index is 12.2. The van der Waals surface area contributed by atoms with Gasteiger partial charge in [0.15, 0.2) is 6.10 Å². The van der Waals surface area contributed by atoms with Crippen molar-refractivity contribution in [1.29, 1.82) is 0 Å². The molecule has 0 aliphatic heterocycles. The SMILES string of the molecule is O=c1c2ccc(Br)cc2ncn1C[C@@H](O)C(F)(F)F. The fourth-order valence-electron chi connectivity index (χ4n) is 1.55. The van der Waals surface area contributed by atoms with Crippen LogP contribution in [0.3, 0.4) is 0 Å². The van der Waals surface area contributed by atoms with Gasteiger partial charge < -0.3 is 5.11 Å². The molecule has 8 heteroatoms. The second-order valence-electron chi connectivity index (χ2n) is 3.92. The average Bonchev–Trinajstić information content (AvgIpc) is 2.31. The zero-order chi connectivity index (χ0) is 14.2. The van der Waals surface area contributed by atoms with Crippen LogP contribution in [0, 0.1) is 0 Å². The standard InChI is InChI=1S/C11H8BrF3N2O2/c12-6-1-2-7-8(3-6)16-5-17(10(7)19)4-9(18)11(13,14)15/h1-3,5,9,18H,4H2/t9-/m1/s1. The molecule has 2 aromatic rings. The molecule has 1 N–H and O–H groups in total. The third-order valence-corrected chi connectivity index (χ3v) is 3.03. The molecule has 0 amide bonds. The monoisotopic (exact) mass is 336 g/mol. The third kappa shape index (κ3) is 2.95. The fourth-order valence-corrected chi connectivity index (χ4v) is 1.90. The Kier molecular flexibility index (Phi) is 3.64. The van der Waals surface area contributed by atoms with Crippen molar-refractivity contribution in [1.82, 2.24) is 9.55 Å². The van der Waals surface area contributed by atoms with E-state index >= 15 is 0 Å². The molecule has 1 aromatic carbocycles. The third-order valence-electron chi connectivity index (χ3n) is 2.53. The lowest BCUT2D eigenvalue weighted by Crippen LogP contribution is -2.36. The van der Waals surface area contributed by atoms with E-state index in [-0.39, 0.29) is 5.39 Å². The number of aromatic nitrogens is 2. The Bertz CT molecular complexity index is 669. The molecule has 1 aromatic heterocycles. The van der Waals surface area contributed by atoms with E-state index in [2.05, 4.69) is 20.9 Å². The minimum atomic E-state index is -4.77. The van der Waals surface area contributed by atoms with Crippen molar-refractivity contribution in [3.8, 4) is 0 Å². The first-order chi connectivity index (χ1) is 8.79. The van der Waals surface area contributed by atoms with E-state index < -0.39 is 24.4 Å². The Hall–Kier alpha value is -1.41. The number of hydrogen-bond donors (Lipinski definition) is 1. The van der Waals surface area contributed by atoms with E-state index in [1.54, 1.807) is 12.1 Å². The number of benzene rings is 1. The maximum absolute atomic E-state index is 12.2. The summed E-state index contributed by atoms with van der Waals surface area (Å²) in [5, 5.41) is 9.15. The van der Waals surface area contributed by atoms with Crippen LogP contribution < -0.4 is 5.56 Å². The van der Waals surface area contributed by atoms with Crippen LogP contribution in [0.5, 0.6) is 0 Å². The van der Waals surface area contributed by atoms with Gasteiger partial charge in [-0.15, -0.1) is 0 Å². The number of aliphatic hydroxyl groups is 1. The molecule has 4 nitrogen and oxygen atoms in total. The van der Waals surface area contributed by atoms with Crippen molar-refractivity contribution < 1.29 is 18.3 Å². The first-order valence-corrected chi connectivity index (χ1v) is 5.98. The first kappa shape index (κ1) is 14.0. The summed E-state index contributed by atoms with van der Waals surface area (Å²) in [5.41, 5.74) is -0.252. The molecule has 1 heterocycles. The number of hydrogen-bond acceptors (Lipinski definition) is 3. The lowest BCUT2D eigenvalue weighted by Gasteiger charge is -2.15.